The highest BCUT2D eigenvalue weighted by molar-refractivity contribution is 7.98. The quantitative estimate of drug-likeness (QED) is 0.554. The molecule has 0 aliphatic carbocycles. The van der Waals surface area contributed by atoms with E-state index in [2.05, 4.69) is 22.9 Å². The number of morpholine rings is 1. The first-order chi connectivity index (χ1) is 14.1. The summed E-state index contributed by atoms with van der Waals surface area (Å²) in [5, 5.41) is 0.783. The molecular formula is C22H28N4O2S. The summed E-state index contributed by atoms with van der Waals surface area (Å²) in [6.45, 7) is 9.08. The summed E-state index contributed by atoms with van der Waals surface area (Å²) >= 11 is 1.62. The number of hydrogen-bond acceptors (Lipinski definition) is 6. The molecule has 0 radical (unpaired) electrons. The Hall–Kier alpha value is -2.12. The van der Waals surface area contributed by atoms with Gasteiger partial charge in [0.2, 0.25) is 0 Å². The number of amides is 1. The number of carbonyl (C=O) groups is 1. The average Bonchev–Trinajstić information content (AvgIpc) is 3.29. The normalized spacial score (nSPS) is 17.0. The molecule has 1 aromatic heterocycles. The van der Waals surface area contributed by atoms with Gasteiger partial charge in [-0.25, -0.2) is 9.97 Å². The van der Waals surface area contributed by atoms with Crippen molar-refractivity contribution in [3.8, 4) is 0 Å². The van der Waals surface area contributed by atoms with E-state index in [9.17, 15) is 4.79 Å². The number of likely N-dealkylation sites (tertiary alicyclic amines) is 1. The lowest BCUT2D eigenvalue weighted by atomic mass is 10.1. The number of hydrogen-bond donors (Lipinski definition) is 0. The van der Waals surface area contributed by atoms with Gasteiger partial charge in [0.05, 0.1) is 13.2 Å². The van der Waals surface area contributed by atoms with Crippen molar-refractivity contribution in [1.29, 1.82) is 0 Å². The second kappa shape index (κ2) is 9.13. The third-order valence-corrected chi connectivity index (χ3v) is 6.51. The molecule has 0 N–H and O–H groups in total. The minimum absolute atomic E-state index is 0.145. The fourth-order valence-electron chi connectivity index (χ4n) is 3.78. The van der Waals surface area contributed by atoms with Crippen LogP contribution in [0.25, 0.3) is 0 Å². The van der Waals surface area contributed by atoms with E-state index in [1.807, 2.05) is 30.0 Å². The van der Waals surface area contributed by atoms with Crippen molar-refractivity contribution in [1.82, 2.24) is 14.9 Å². The first-order valence-electron chi connectivity index (χ1n) is 10.3. The van der Waals surface area contributed by atoms with Gasteiger partial charge in [0.25, 0.3) is 5.91 Å². The number of anilines is 1. The van der Waals surface area contributed by atoms with Gasteiger partial charge in [-0.2, -0.15) is 0 Å². The van der Waals surface area contributed by atoms with E-state index in [0.29, 0.717) is 0 Å². The van der Waals surface area contributed by atoms with E-state index in [1.165, 1.54) is 0 Å². The van der Waals surface area contributed by atoms with Crippen LogP contribution in [0.1, 0.15) is 40.0 Å². The Balaban J connectivity index is 1.47. The zero-order valence-electron chi connectivity index (χ0n) is 17.2. The smallest absolute Gasteiger partial charge is 0.253 e. The fourth-order valence-corrected chi connectivity index (χ4v) is 4.61. The Labute approximate surface area is 176 Å². The molecule has 2 aromatic rings. The average molecular weight is 413 g/mol. The summed E-state index contributed by atoms with van der Waals surface area (Å²) in [5.41, 5.74) is 4.05. The molecule has 4 rings (SSSR count). The molecule has 0 atom stereocenters. The fraction of sp³-hybridized carbons (Fsp3) is 0.500. The minimum Gasteiger partial charge on any atom is -0.378 e. The Bertz CT molecular complexity index is 877. The molecule has 1 aromatic carbocycles. The lowest BCUT2D eigenvalue weighted by Crippen LogP contribution is -2.37. The molecule has 2 aliphatic rings. The third kappa shape index (κ3) is 4.73. The first-order valence-corrected chi connectivity index (χ1v) is 11.3. The van der Waals surface area contributed by atoms with Crippen molar-refractivity contribution in [2.45, 2.75) is 37.6 Å². The number of nitrogens with zero attached hydrogens (tertiary/aromatic N) is 4. The second-order valence-corrected chi connectivity index (χ2v) is 8.57. The Kier molecular flexibility index (Phi) is 6.35. The molecule has 1 amide bonds. The molecule has 2 saturated heterocycles. The summed E-state index contributed by atoms with van der Waals surface area (Å²) in [4.78, 5) is 26.4. The summed E-state index contributed by atoms with van der Waals surface area (Å²) < 4.78 is 5.47. The van der Waals surface area contributed by atoms with Crippen LogP contribution >= 0.6 is 11.8 Å². The van der Waals surface area contributed by atoms with Crippen LogP contribution in [-0.2, 0) is 10.5 Å². The molecule has 7 heteroatoms. The lowest BCUT2D eigenvalue weighted by Gasteiger charge is -2.29. The van der Waals surface area contributed by atoms with Crippen molar-refractivity contribution < 1.29 is 9.53 Å². The number of benzene rings is 1. The zero-order chi connectivity index (χ0) is 20.2. The van der Waals surface area contributed by atoms with E-state index >= 15 is 0 Å². The maximum absolute atomic E-state index is 12.7. The van der Waals surface area contributed by atoms with Crippen LogP contribution in [0.2, 0.25) is 0 Å². The third-order valence-electron chi connectivity index (χ3n) is 5.59. The van der Waals surface area contributed by atoms with Gasteiger partial charge < -0.3 is 14.5 Å². The molecule has 6 nitrogen and oxygen atoms in total. The summed E-state index contributed by atoms with van der Waals surface area (Å²) in [5.74, 6) is 1.90. The SMILES string of the molecule is Cc1nc(SCc2cccc(C(=O)N3CCCC3)c2)nc(N2CCOCC2)c1C. The van der Waals surface area contributed by atoms with Crippen LogP contribution in [-0.4, -0.2) is 60.2 Å². The number of thioether (sulfide) groups is 1. The zero-order valence-corrected chi connectivity index (χ0v) is 18.0. The van der Waals surface area contributed by atoms with Crippen LogP contribution < -0.4 is 4.90 Å². The molecule has 3 heterocycles. The molecule has 2 aliphatic heterocycles. The molecular weight excluding hydrogens is 384 g/mol. The second-order valence-electron chi connectivity index (χ2n) is 7.63. The van der Waals surface area contributed by atoms with Gasteiger partial charge in [0, 0.05) is 48.8 Å². The number of carbonyl (C=O) groups excluding carboxylic acids is 1. The molecule has 29 heavy (non-hydrogen) atoms. The predicted molar refractivity (Wildman–Crippen MR) is 116 cm³/mol. The van der Waals surface area contributed by atoms with E-state index in [0.717, 1.165) is 91.3 Å². The largest absolute Gasteiger partial charge is 0.378 e. The summed E-state index contributed by atoms with van der Waals surface area (Å²) in [7, 11) is 0. The highest BCUT2D eigenvalue weighted by atomic mass is 32.2. The molecule has 0 unspecified atom stereocenters. The van der Waals surface area contributed by atoms with Gasteiger partial charge in [-0.05, 0) is 44.4 Å². The standard InChI is InChI=1S/C22H28N4O2S/c1-16-17(2)23-22(24-20(16)25-10-12-28-13-11-25)29-15-18-6-5-7-19(14-18)21(27)26-8-3-4-9-26/h5-7,14H,3-4,8-13,15H2,1-2H3. The highest BCUT2D eigenvalue weighted by Gasteiger charge is 2.20. The van der Waals surface area contributed by atoms with Gasteiger partial charge in [-0.15, -0.1) is 0 Å². The van der Waals surface area contributed by atoms with Crippen LogP contribution in [0.15, 0.2) is 29.4 Å². The van der Waals surface area contributed by atoms with Crippen LogP contribution in [0.4, 0.5) is 5.82 Å². The number of aromatic nitrogens is 2. The van der Waals surface area contributed by atoms with Gasteiger partial charge in [-0.1, -0.05) is 23.9 Å². The van der Waals surface area contributed by atoms with Crippen LogP contribution in [0.3, 0.4) is 0 Å². The molecule has 0 bridgehead atoms. The predicted octanol–water partition coefficient (Wildman–Crippen LogP) is 3.46. The van der Waals surface area contributed by atoms with Crippen molar-refractivity contribution in [3.05, 3.63) is 46.6 Å². The van der Waals surface area contributed by atoms with E-state index in [1.54, 1.807) is 11.8 Å². The number of rotatable bonds is 5. The van der Waals surface area contributed by atoms with Crippen molar-refractivity contribution in [2.24, 2.45) is 0 Å². The lowest BCUT2D eigenvalue weighted by molar-refractivity contribution is 0.0792. The molecule has 154 valence electrons. The van der Waals surface area contributed by atoms with E-state index in [-0.39, 0.29) is 5.91 Å². The molecule has 2 fully saturated rings. The first kappa shape index (κ1) is 20.2. The Morgan fingerprint density at radius 3 is 2.62 bits per heavy atom. The number of ether oxygens (including phenoxy) is 1. The van der Waals surface area contributed by atoms with Crippen LogP contribution in [0.5, 0.6) is 0 Å². The van der Waals surface area contributed by atoms with Gasteiger partial charge in [0.15, 0.2) is 5.16 Å². The van der Waals surface area contributed by atoms with Gasteiger partial charge in [0.1, 0.15) is 5.82 Å². The molecule has 0 spiro atoms. The highest BCUT2D eigenvalue weighted by Crippen LogP contribution is 2.27. The Morgan fingerprint density at radius 2 is 1.86 bits per heavy atom. The van der Waals surface area contributed by atoms with E-state index in [4.69, 9.17) is 9.72 Å². The van der Waals surface area contributed by atoms with Crippen LogP contribution in [0, 0.1) is 13.8 Å². The van der Waals surface area contributed by atoms with Gasteiger partial charge >= 0.3 is 0 Å². The monoisotopic (exact) mass is 412 g/mol. The minimum atomic E-state index is 0.145. The van der Waals surface area contributed by atoms with Crippen molar-refractivity contribution in [3.63, 3.8) is 0 Å². The van der Waals surface area contributed by atoms with E-state index < -0.39 is 0 Å². The van der Waals surface area contributed by atoms with Crippen molar-refractivity contribution >= 4 is 23.5 Å². The maximum atomic E-state index is 12.7. The summed E-state index contributed by atoms with van der Waals surface area (Å²) in [6, 6.07) is 7.97. The topological polar surface area (TPSA) is 58.6 Å². The molecule has 0 saturated carbocycles. The van der Waals surface area contributed by atoms with Crippen molar-refractivity contribution in [2.75, 3.05) is 44.3 Å². The van der Waals surface area contributed by atoms with Gasteiger partial charge in [-0.3, -0.25) is 4.79 Å². The number of aryl methyl sites for hydroxylation is 1. The Morgan fingerprint density at radius 1 is 1.10 bits per heavy atom. The maximum Gasteiger partial charge on any atom is 0.253 e. The summed E-state index contributed by atoms with van der Waals surface area (Å²) in [6.07, 6.45) is 2.22.